The van der Waals surface area contributed by atoms with Crippen molar-refractivity contribution in [2.45, 2.75) is 19.3 Å². The van der Waals surface area contributed by atoms with Crippen LogP contribution in [0.15, 0.2) is 41.8 Å². The fourth-order valence-corrected chi connectivity index (χ4v) is 5.21. The van der Waals surface area contributed by atoms with Gasteiger partial charge in [-0.05, 0) is 41.8 Å². The molecule has 0 aliphatic carbocycles. The number of piperidine rings is 1. The molecular formula is C21H27N3O4S2. The highest BCUT2D eigenvalue weighted by molar-refractivity contribution is 7.88. The highest BCUT2D eigenvalue weighted by Gasteiger charge is 2.43. The molecule has 30 heavy (non-hydrogen) atoms. The summed E-state index contributed by atoms with van der Waals surface area (Å²) in [5, 5.41) is 4.80. The molecule has 1 saturated heterocycles. The zero-order valence-corrected chi connectivity index (χ0v) is 18.8. The molecule has 0 saturated carbocycles. The maximum Gasteiger partial charge on any atom is 0.237 e. The van der Waals surface area contributed by atoms with Crippen molar-refractivity contribution in [3.05, 3.63) is 47.3 Å². The lowest BCUT2D eigenvalue weighted by atomic mass is 9.73. The van der Waals surface area contributed by atoms with Gasteiger partial charge in [-0.1, -0.05) is 30.3 Å². The Morgan fingerprint density at radius 2 is 1.97 bits per heavy atom. The Hall–Kier alpha value is -2.23. The molecule has 3 rings (SSSR count). The van der Waals surface area contributed by atoms with E-state index in [1.54, 1.807) is 23.3 Å². The quantitative estimate of drug-likeness (QED) is 0.675. The third-order valence-electron chi connectivity index (χ3n) is 5.46. The van der Waals surface area contributed by atoms with Crippen LogP contribution in [-0.2, 0) is 26.0 Å². The van der Waals surface area contributed by atoms with Crippen LogP contribution in [0.2, 0.25) is 0 Å². The summed E-state index contributed by atoms with van der Waals surface area (Å²) < 4.78 is 24.9. The fourth-order valence-electron chi connectivity index (χ4n) is 4.04. The molecule has 1 atom stereocenters. The Morgan fingerprint density at radius 3 is 2.63 bits per heavy atom. The number of thiophene rings is 1. The number of amides is 2. The molecule has 0 radical (unpaired) electrons. The summed E-state index contributed by atoms with van der Waals surface area (Å²) in [7, 11) is -1.85. The Bertz CT molecular complexity index is 1010. The normalized spacial score (nSPS) is 19.5. The molecule has 1 aromatic carbocycles. The minimum Gasteiger partial charge on any atom is -0.359 e. The van der Waals surface area contributed by atoms with E-state index in [-0.39, 0.29) is 24.9 Å². The molecule has 0 spiro atoms. The molecule has 0 bridgehead atoms. The van der Waals surface area contributed by atoms with E-state index in [1.807, 2.05) is 29.6 Å². The molecule has 1 fully saturated rings. The molecule has 2 heterocycles. The highest BCUT2D eigenvalue weighted by atomic mass is 32.2. The number of sulfonamides is 1. The maximum absolute atomic E-state index is 13.0. The predicted octanol–water partition coefficient (Wildman–Crippen LogP) is 1.86. The molecular weight excluding hydrogens is 422 g/mol. The van der Waals surface area contributed by atoms with Crippen LogP contribution < -0.4 is 10.0 Å². The van der Waals surface area contributed by atoms with E-state index in [9.17, 15) is 18.0 Å². The first-order chi connectivity index (χ1) is 14.2. The number of benzene rings is 1. The monoisotopic (exact) mass is 449 g/mol. The second kappa shape index (κ2) is 9.28. The average Bonchev–Trinajstić information content (AvgIpc) is 3.26. The van der Waals surface area contributed by atoms with Crippen LogP contribution >= 0.6 is 11.3 Å². The van der Waals surface area contributed by atoms with Crippen LogP contribution in [0, 0.1) is 5.41 Å². The first-order valence-corrected chi connectivity index (χ1v) is 12.6. The van der Waals surface area contributed by atoms with Gasteiger partial charge in [0.1, 0.15) is 0 Å². The zero-order valence-electron chi connectivity index (χ0n) is 17.2. The molecule has 162 valence electrons. The highest BCUT2D eigenvalue weighted by Crippen LogP contribution is 2.38. The van der Waals surface area contributed by atoms with Gasteiger partial charge in [0.15, 0.2) is 0 Å². The lowest BCUT2D eigenvalue weighted by molar-refractivity contribution is -0.140. The van der Waals surface area contributed by atoms with E-state index >= 15 is 0 Å². The SMILES string of the molecule is CNC(=O)[C@]1(Cc2ccccc2-c2cccs2)CCCN(C(=O)CNS(C)(=O)=O)C1. The number of carbonyl (C=O) groups excluding carboxylic acids is 2. The lowest BCUT2D eigenvalue weighted by Crippen LogP contribution is -2.55. The van der Waals surface area contributed by atoms with Gasteiger partial charge >= 0.3 is 0 Å². The third-order valence-corrected chi connectivity index (χ3v) is 7.03. The summed E-state index contributed by atoms with van der Waals surface area (Å²) in [4.78, 5) is 28.4. The van der Waals surface area contributed by atoms with Gasteiger partial charge in [-0.25, -0.2) is 13.1 Å². The number of nitrogens with zero attached hydrogens (tertiary/aromatic N) is 1. The summed E-state index contributed by atoms with van der Waals surface area (Å²) >= 11 is 1.65. The summed E-state index contributed by atoms with van der Waals surface area (Å²) in [6, 6.07) is 12.1. The Kier molecular flexibility index (Phi) is 6.95. The fraction of sp³-hybridized carbons (Fsp3) is 0.429. The number of hydrogen-bond acceptors (Lipinski definition) is 5. The van der Waals surface area contributed by atoms with Gasteiger partial charge in [-0.2, -0.15) is 0 Å². The van der Waals surface area contributed by atoms with E-state index in [0.29, 0.717) is 25.8 Å². The van der Waals surface area contributed by atoms with Crippen molar-refractivity contribution in [1.29, 1.82) is 0 Å². The van der Waals surface area contributed by atoms with Crippen molar-refractivity contribution >= 4 is 33.2 Å². The van der Waals surface area contributed by atoms with E-state index in [2.05, 4.69) is 22.2 Å². The second-order valence-corrected chi connectivity index (χ2v) is 10.5. The van der Waals surface area contributed by atoms with Gasteiger partial charge in [0.05, 0.1) is 18.2 Å². The van der Waals surface area contributed by atoms with E-state index in [1.165, 1.54) is 0 Å². The number of carbonyl (C=O) groups is 2. The summed E-state index contributed by atoms with van der Waals surface area (Å²) in [6.45, 7) is 0.472. The van der Waals surface area contributed by atoms with Crippen molar-refractivity contribution in [1.82, 2.24) is 14.9 Å². The Labute approximate surface area is 181 Å². The van der Waals surface area contributed by atoms with E-state index in [4.69, 9.17) is 0 Å². The predicted molar refractivity (Wildman–Crippen MR) is 119 cm³/mol. The first-order valence-electron chi connectivity index (χ1n) is 9.80. The minimum atomic E-state index is -3.46. The van der Waals surface area contributed by atoms with E-state index < -0.39 is 15.4 Å². The summed E-state index contributed by atoms with van der Waals surface area (Å²) in [5.74, 6) is -0.419. The minimum absolute atomic E-state index is 0.0999. The molecule has 1 aromatic heterocycles. The summed E-state index contributed by atoms with van der Waals surface area (Å²) in [5.41, 5.74) is 1.39. The molecule has 0 unspecified atom stereocenters. The van der Waals surface area contributed by atoms with Crippen LogP contribution in [0.3, 0.4) is 0 Å². The number of likely N-dealkylation sites (tertiary alicyclic amines) is 1. The molecule has 1 aliphatic heterocycles. The topological polar surface area (TPSA) is 95.6 Å². The smallest absolute Gasteiger partial charge is 0.237 e. The number of rotatable bonds is 7. The van der Waals surface area contributed by atoms with Crippen LogP contribution in [0.4, 0.5) is 0 Å². The van der Waals surface area contributed by atoms with Crippen LogP contribution in [0.25, 0.3) is 10.4 Å². The van der Waals surface area contributed by atoms with Crippen molar-refractivity contribution in [3.8, 4) is 10.4 Å². The molecule has 2 aromatic rings. The van der Waals surface area contributed by atoms with Crippen LogP contribution in [0.5, 0.6) is 0 Å². The standard InChI is InChI=1S/C21H27N3O4S2/c1-22-20(26)21(10-6-11-24(15-21)19(25)14-23-30(2,27)28)13-16-7-3-4-8-17(16)18-9-5-12-29-18/h3-5,7-9,12,23H,6,10-11,13-15H2,1-2H3,(H,22,26)/t21-/m0/s1. The van der Waals surface area contributed by atoms with Gasteiger partial charge in [0.25, 0.3) is 0 Å². The maximum atomic E-state index is 13.0. The molecule has 7 nitrogen and oxygen atoms in total. The average molecular weight is 450 g/mol. The van der Waals surface area contributed by atoms with Gasteiger partial charge < -0.3 is 10.2 Å². The summed E-state index contributed by atoms with van der Waals surface area (Å²) in [6.07, 6.45) is 2.87. The molecule has 2 amide bonds. The van der Waals surface area contributed by atoms with Gasteiger partial charge in [-0.15, -0.1) is 11.3 Å². The molecule has 2 N–H and O–H groups in total. The second-order valence-electron chi connectivity index (χ2n) is 7.68. The van der Waals surface area contributed by atoms with Crippen LogP contribution in [-0.4, -0.2) is 58.1 Å². The largest absolute Gasteiger partial charge is 0.359 e. The Morgan fingerprint density at radius 1 is 1.20 bits per heavy atom. The van der Waals surface area contributed by atoms with Crippen molar-refractivity contribution in [2.75, 3.05) is 32.9 Å². The van der Waals surface area contributed by atoms with E-state index in [0.717, 1.165) is 22.3 Å². The van der Waals surface area contributed by atoms with Gasteiger partial charge in [-0.3, -0.25) is 9.59 Å². The number of hydrogen-bond donors (Lipinski definition) is 2. The van der Waals surface area contributed by atoms with Crippen molar-refractivity contribution in [2.24, 2.45) is 5.41 Å². The molecule has 1 aliphatic rings. The van der Waals surface area contributed by atoms with Crippen molar-refractivity contribution < 1.29 is 18.0 Å². The Balaban J connectivity index is 1.87. The number of nitrogens with one attached hydrogen (secondary N) is 2. The first kappa shape index (κ1) is 22.5. The van der Waals surface area contributed by atoms with Crippen LogP contribution in [0.1, 0.15) is 18.4 Å². The van der Waals surface area contributed by atoms with Crippen molar-refractivity contribution in [3.63, 3.8) is 0 Å². The lowest BCUT2D eigenvalue weighted by Gasteiger charge is -2.42. The van der Waals surface area contributed by atoms with Gasteiger partial charge in [0.2, 0.25) is 21.8 Å². The van der Waals surface area contributed by atoms with Gasteiger partial charge in [0, 0.05) is 25.0 Å². The zero-order chi connectivity index (χ0) is 21.8. The third kappa shape index (κ3) is 5.27. The molecule has 9 heteroatoms.